The molecular weight excluding hydrogens is 251 g/mol. The van der Waals surface area contributed by atoms with Crippen LogP contribution in [0.15, 0.2) is 10.8 Å². The van der Waals surface area contributed by atoms with E-state index in [1.165, 1.54) is 0 Å². The lowest BCUT2D eigenvalue weighted by atomic mass is 9.96. The van der Waals surface area contributed by atoms with E-state index in [1.54, 1.807) is 21.3 Å². The highest BCUT2D eigenvalue weighted by molar-refractivity contribution is 6.41. The number of methoxy groups -OCH3 is 3. The molecule has 0 aromatic heterocycles. The Labute approximate surface area is 105 Å². The summed E-state index contributed by atoms with van der Waals surface area (Å²) in [7, 11) is 4.84. The molecule has 5 heteroatoms. The highest BCUT2D eigenvalue weighted by Crippen LogP contribution is 2.77. The van der Waals surface area contributed by atoms with Crippen LogP contribution in [0.25, 0.3) is 0 Å². The maximum Gasteiger partial charge on any atom is 0.202 e. The van der Waals surface area contributed by atoms with Crippen LogP contribution in [-0.2, 0) is 14.2 Å². The van der Waals surface area contributed by atoms with Crippen LogP contribution in [0.2, 0.25) is 0 Å². The summed E-state index contributed by atoms with van der Waals surface area (Å²) in [5, 5.41) is 0.559. The first kappa shape index (κ1) is 11.1. The molecule has 0 unspecified atom stereocenters. The third-order valence-electron chi connectivity index (χ3n) is 4.34. The van der Waals surface area contributed by atoms with Crippen molar-refractivity contribution in [1.29, 1.82) is 0 Å². The zero-order valence-electron chi connectivity index (χ0n) is 9.42. The van der Waals surface area contributed by atoms with Crippen molar-refractivity contribution in [3.05, 3.63) is 10.8 Å². The predicted octanol–water partition coefficient (Wildman–Crippen LogP) is 2.33. The Morgan fingerprint density at radius 1 is 1.25 bits per heavy atom. The van der Waals surface area contributed by atoms with E-state index in [0.717, 1.165) is 12.2 Å². The molecule has 3 nitrogen and oxygen atoms in total. The van der Waals surface area contributed by atoms with E-state index in [1.807, 2.05) is 0 Å². The Kier molecular flexibility index (Phi) is 2.14. The van der Waals surface area contributed by atoms with Gasteiger partial charge in [0.2, 0.25) is 5.79 Å². The summed E-state index contributed by atoms with van der Waals surface area (Å²) < 4.78 is 16.5. The van der Waals surface area contributed by atoms with E-state index in [2.05, 4.69) is 0 Å². The molecule has 3 rings (SSSR count). The summed E-state index contributed by atoms with van der Waals surface area (Å²) in [6, 6.07) is 0. The third-order valence-corrected chi connectivity index (χ3v) is 5.65. The topological polar surface area (TPSA) is 27.7 Å². The fourth-order valence-electron chi connectivity index (χ4n) is 3.66. The van der Waals surface area contributed by atoms with Crippen LogP contribution in [-0.4, -0.2) is 32.0 Å². The highest BCUT2D eigenvalue weighted by Gasteiger charge is 2.83. The number of hydrogen-bond donors (Lipinski definition) is 0. The first-order valence-electron chi connectivity index (χ1n) is 5.31. The molecule has 0 aromatic carbocycles. The Morgan fingerprint density at radius 3 is 2.31 bits per heavy atom. The van der Waals surface area contributed by atoms with Gasteiger partial charge in [0.15, 0.2) is 0 Å². The van der Waals surface area contributed by atoms with Crippen LogP contribution in [0.4, 0.5) is 0 Å². The normalized spacial score (nSPS) is 47.2. The van der Waals surface area contributed by atoms with Crippen molar-refractivity contribution in [2.45, 2.75) is 17.1 Å². The lowest BCUT2D eigenvalue weighted by Crippen LogP contribution is -2.52. The average molecular weight is 265 g/mol. The maximum atomic E-state index is 6.72. The van der Waals surface area contributed by atoms with Gasteiger partial charge >= 0.3 is 0 Å². The first-order chi connectivity index (χ1) is 7.58. The molecule has 3 aliphatic rings. The number of alkyl halides is 1. The Morgan fingerprint density at radius 2 is 1.88 bits per heavy atom. The SMILES string of the molecule is COC1=C(Cl)[C@@]2(Cl)[C@H]3C[C@H]3[C@@H]1C2(OC)OC. The van der Waals surface area contributed by atoms with Crippen molar-refractivity contribution in [2.24, 2.45) is 17.8 Å². The van der Waals surface area contributed by atoms with Gasteiger partial charge in [-0.15, -0.1) is 11.6 Å². The van der Waals surface area contributed by atoms with Gasteiger partial charge in [-0.25, -0.2) is 0 Å². The van der Waals surface area contributed by atoms with Crippen LogP contribution in [0.5, 0.6) is 0 Å². The monoisotopic (exact) mass is 264 g/mol. The molecular formula is C11H14Cl2O3. The minimum atomic E-state index is -0.857. The van der Waals surface area contributed by atoms with Crippen molar-refractivity contribution in [3.8, 4) is 0 Å². The fourth-order valence-corrected chi connectivity index (χ4v) is 4.74. The Bertz CT molecular complexity index is 377. The van der Waals surface area contributed by atoms with Gasteiger partial charge in [0, 0.05) is 14.2 Å². The lowest BCUT2D eigenvalue weighted by molar-refractivity contribution is -0.235. The van der Waals surface area contributed by atoms with Crippen molar-refractivity contribution < 1.29 is 14.2 Å². The molecule has 0 N–H and O–H groups in total. The summed E-state index contributed by atoms with van der Waals surface area (Å²) in [4.78, 5) is -0.765. The van der Waals surface area contributed by atoms with Crippen LogP contribution >= 0.6 is 23.2 Å². The Hall–Kier alpha value is 0.0400. The van der Waals surface area contributed by atoms with E-state index < -0.39 is 10.7 Å². The number of halogens is 2. The lowest BCUT2D eigenvalue weighted by Gasteiger charge is -2.39. The molecule has 3 aliphatic carbocycles. The van der Waals surface area contributed by atoms with Gasteiger partial charge in [-0.05, 0) is 18.3 Å². The predicted molar refractivity (Wildman–Crippen MR) is 60.3 cm³/mol. The van der Waals surface area contributed by atoms with E-state index in [9.17, 15) is 0 Å². The van der Waals surface area contributed by atoms with Gasteiger partial charge in [-0.1, -0.05) is 11.6 Å². The maximum absolute atomic E-state index is 6.72. The van der Waals surface area contributed by atoms with E-state index in [0.29, 0.717) is 16.9 Å². The van der Waals surface area contributed by atoms with E-state index in [-0.39, 0.29) is 5.92 Å². The van der Waals surface area contributed by atoms with Crippen LogP contribution in [0.1, 0.15) is 6.42 Å². The smallest absolute Gasteiger partial charge is 0.202 e. The Balaban J connectivity index is 2.17. The third kappa shape index (κ3) is 0.849. The molecule has 0 amide bonds. The molecule has 16 heavy (non-hydrogen) atoms. The van der Waals surface area contributed by atoms with E-state index in [4.69, 9.17) is 37.4 Å². The molecule has 90 valence electrons. The standard InChI is InChI=1S/C11H14Cl2O3/c1-14-8-7-5-4-6(5)10(13,9(8)12)11(7,15-2)16-3/h5-7H,4H2,1-3H3/t5-,6+,7+,10+/m1/s1. The molecule has 0 heterocycles. The molecule has 4 atom stereocenters. The summed E-state index contributed by atoms with van der Waals surface area (Å²) in [6.07, 6.45) is 1.08. The second-order valence-electron chi connectivity index (χ2n) is 4.65. The fraction of sp³-hybridized carbons (Fsp3) is 0.818. The minimum Gasteiger partial charge on any atom is -0.499 e. The summed E-state index contributed by atoms with van der Waals surface area (Å²) in [6.45, 7) is 0. The molecule has 0 spiro atoms. The first-order valence-corrected chi connectivity index (χ1v) is 6.07. The highest BCUT2D eigenvalue weighted by atomic mass is 35.5. The zero-order chi connectivity index (χ0) is 11.7. The molecule has 0 saturated heterocycles. The largest absolute Gasteiger partial charge is 0.499 e. The van der Waals surface area contributed by atoms with Crippen molar-refractivity contribution in [2.75, 3.05) is 21.3 Å². The molecule has 0 aliphatic heterocycles. The average Bonchev–Trinajstić information content (AvgIpc) is 3.01. The van der Waals surface area contributed by atoms with Gasteiger partial charge < -0.3 is 14.2 Å². The number of ether oxygens (including phenoxy) is 3. The van der Waals surface area contributed by atoms with Gasteiger partial charge in [-0.2, -0.15) is 0 Å². The molecule has 0 aromatic rings. The number of hydrogen-bond acceptors (Lipinski definition) is 3. The van der Waals surface area contributed by atoms with Crippen LogP contribution < -0.4 is 0 Å². The van der Waals surface area contributed by atoms with E-state index >= 15 is 0 Å². The second kappa shape index (κ2) is 3.08. The molecule has 2 fully saturated rings. The van der Waals surface area contributed by atoms with Crippen molar-refractivity contribution in [3.63, 3.8) is 0 Å². The van der Waals surface area contributed by atoms with Gasteiger partial charge in [0.05, 0.1) is 18.1 Å². The van der Waals surface area contributed by atoms with Crippen LogP contribution in [0, 0.1) is 17.8 Å². The van der Waals surface area contributed by atoms with Gasteiger partial charge in [0.25, 0.3) is 0 Å². The van der Waals surface area contributed by atoms with Crippen LogP contribution in [0.3, 0.4) is 0 Å². The van der Waals surface area contributed by atoms with Crippen molar-refractivity contribution in [1.82, 2.24) is 0 Å². The summed E-state index contributed by atoms with van der Waals surface area (Å²) >= 11 is 13.1. The summed E-state index contributed by atoms with van der Waals surface area (Å²) in [5.74, 6) is 0.742. The molecule has 2 bridgehead atoms. The van der Waals surface area contributed by atoms with Gasteiger partial charge in [-0.3, -0.25) is 0 Å². The number of rotatable bonds is 3. The quantitative estimate of drug-likeness (QED) is 0.579. The molecule has 0 radical (unpaired) electrons. The minimum absolute atomic E-state index is 0.0301. The molecule has 2 saturated carbocycles. The van der Waals surface area contributed by atoms with Crippen molar-refractivity contribution >= 4 is 23.2 Å². The second-order valence-corrected chi connectivity index (χ2v) is 5.63. The summed E-state index contributed by atoms with van der Waals surface area (Å²) in [5.41, 5.74) is 0. The number of fused-ring (bicyclic) bond motifs is 5. The van der Waals surface area contributed by atoms with Gasteiger partial charge in [0.1, 0.15) is 10.6 Å². The zero-order valence-corrected chi connectivity index (χ0v) is 10.9.